The summed E-state index contributed by atoms with van der Waals surface area (Å²) in [5.74, 6) is 0.151. The van der Waals surface area contributed by atoms with E-state index in [-0.39, 0.29) is 0 Å². The normalized spacial score (nSPS) is 11.0. The van der Waals surface area contributed by atoms with Gasteiger partial charge in [-0.15, -0.1) is 0 Å². The molecule has 2 N–H and O–H groups in total. The van der Waals surface area contributed by atoms with Crippen molar-refractivity contribution in [3.05, 3.63) is 24.3 Å². The van der Waals surface area contributed by atoms with Gasteiger partial charge in [-0.25, -0.2) is 0 Å². The summed E-state index contributed by atoms with van der Waals surface area (Å²) >= 11 is 0. The Kier molecular flexibility index (Phi) is 3.42. The van der Waals surface area contributed by atoms with Gasteiger partial charge in [-0.1, -0.05) is 6.07 Å². The molecule has 0 unspecified atom stereocenters. The molecule has 0 fully saturated rings. The Hall–Kier alpha value is -1.71. The number of rotatable bonds is 4. The number of nitrogens with two attached hydrogens (primary N) is 1. The van der Waals surface area contributed by atoms with E-state index in [9.17, 15) is 4.79 Å². The summed E-state index contributed by atoms with van der Waals surface area (Å²) in [5, 5.41) is 0. The Morgan fingerprint density at radius 1 is 1.38 bits per heavy atom. The van der Waals surface area contributed by atoms with Crippen LogP contribution in [-0.2, 0) is 4.79 Å². The average Bonchev–Trinajstić information content (AvgIpc) is 2.17. The molecule has 0 radical (unpaired) electrons. The minimum Gasteiger partial charge on any atom is -0.478 e. The number of anilines is 1. The van der Waals surface area contributed by atoms with Gasteiger partial charge in [0.05, 0.1) is 0 Å². The summed E-state index contributed by atoms with van der Waals surface area (Å²) in [6.45, 7) is 3.30. The van der Waals surface area contributed by atoms with E-state index in [2.05, 4.69) is 0 Å². The number of ether oxygens (including phenoxy) is 1. The molecule has 4 nitrogen and oxygen atoms in total. The molecule has 88 valence electrons. The molecule has 0 aliphatic carbocycles. The highest BCUT2D eigenvalue weighted by atomic mass is 16.5. The van der Waals surface area contributed by atoms with E-state index in [1.165, 1.54) is 0 Å². The summed E-state index contributed by atoms with van der Waals surface area (Å²) in [6.07, 6.45) is 0. The molecule has 0 aliphatic heterocycles. The third kappa shape index (κ3) is 2.89. The zero-order valence-electron chi connectivity index (χ0n) is 10.2. The highest BCUT2D eigenvalue weighted by molar-refractivity contribution is 5.82. The third-order valence-electron chi connectivity index (χ3n) is 2.30. The van der Waals surface area contributed by atoms with Crippen LogP contribution in [-0.4, -0.2) is 25.6 Å². The first kappa shape index (κ1) is 12.4. The van der Waals surface area contributed by atoms with Crippen molar-refractivity contribution in [3.8, 4) is 5.75 Å². The Labute approximate surface area is 96.0 Å². The van der Waals surface area contributed by atoms with E-state index in [0.29, 0.717) is 5.75 Å². The predicted octanol–water partition coefficient (Wildman–Crippen LogP) is 1.40. The molecule has 1 aromatic carbocycles. The van der Waals surface area contributed by atoms with E-state index >= 15 is 0 Å². The van der Waals surface area contributed by atoms with Gasteiger partial charge in [0.25, 0.3) is 5.91 Å². The molecule has 1 rings (SSSR count). The number of carbonyl (C=O) groups is 1. The lowest BCUT2D eigenvalue weighted by Gasteiger charge is -2.23. The molecule has 0 bridgehead atoms. The molecule has 0 atom stereocenters. The maximum Gasteiger partial charge on any atom is 0.261 e. The van der Waals surface area contributed by atoms with Gasteiger partial charge in [-0.05, 0) is 26.0 Å². The topological polar surface area (TPSA) is 55.6 Å². The van der Waals surface area contributed by atoms with Crippen molar-refractivity contribution in [2.45, 2.75) is 19.4 Å². The molecule has 0 aliphatic rings. The van der Waals surface area contributed by atoms with Crippen LogP contribution in [0, 0.1) is 0 Å². The van der Waals surface area contributed by atoms with Gasteiger partial charge in [0, 0.05) is 25.8 Å². The quantitative estimate of drug-likeness (QED) is 0.837. The summed E-state index contributed by atoms with van der Waals surface area (Å²) in [4.78, 5) is 13.1. The SMILES string of the molecule is CN(C)c1cccc(OC(C)(C)C(N)=O)c1. The van der Waals surface area contributed by atoms with E-state index in [1.807, 2.05) is 37.2 Å². The Balaban J connectivity index is 2.90. The molecule has 0 aromatic heterocycles. The van der Waals surface area contributed by atoms with Crippen LogP contribution in [0.5, 0.6) is 5.75 Å². The van der Waals surface area contributed by atoms with Gasteiger partial charge in [0.15, 0.2) is 5.60 Å². The molecule has 0 saturated heterocycles. The van der Waals surface area contributed by atoms with Crippen LogP contribution in [0.2, 0.25) is 0 Å². The predicted molar refractivity (Wildman–Crippen MR) is 64.7 cm³/mol. The lowest BCUT2D eigenvalue weighted by atomic mass is 10.1. The van der Waals surface area contributed by atoms with E-state index in [1.54, 1.807) is 19.9 Å². The lowest BCUT2D eigenvalue weighted by molar-refractivity contribution is -0.130. The average molecular weight is 222 g/mol. The van der Waals surface area contributed by atoms with Crippen LogP contribution in [0.1, 0.15) is 13.8 Å². The minimum absolute atomic E-state index is 0.484. The number of benzene rings is 1. The fourth-order valence-corrected chi connectivity index (χ4v) is 1.17. The van der Waals surface area contributed by atoms with E-state index in [4.69, 9.17) is 10.5 Å². The van der Waals surface area contributed by atoms with Crippen LogP contribution in [0.15, 0.2) is 24.3 Å². The van der Waals surface area contributed by atoms with Crippen LogP contribution < -0.4 is 15.4 Å². The first-order valence-electron chi connectivity index (χ1n) is 5.09. The van der Waals surface area contributed by atoms with Gasteiger partial charge in [0.1, 0.15) is 5.75 Å². The molecule has 16 heavy (non-hydrogen) atoms. The van der Waals surface area contributed by atoms with Crippen LogP contribution in [0.3, 0.4) is 0 Å². The number of hydrogen-bond donors (Lipinski definition) is 1. The number of amides is 1. The summed E-state index contributed by atoms with van der Waals surface area (Å²) in [5.41, 5.74) is 5.26. The molecule has 0 heterocycles. The second-order valence-corrected chi connectivity index (χ2v) is 4.37. The van der Waals surface area contributed by atoms with Gasteiger partial charge >= 0.3 is 0 Å². The largest absolute Gasteiger partial charge is 0.478 e. The van der Waals surface area contributed by atoms with Gasteiger partial charge in [0.2, 0.25) is 0 Å². The highest BCUT2D eigenvalue weighted by Gasteiger charge is 2.27. The first-order valence-corrected chi connectivity index (χ1v) is 5.09. The molecule has 0 spiro atoms. The summed E-state index contributed by atoms with van der Waals surface area (Å²) < 4.78 is 5.55. The molecule has 1 amide bonds. The van der Waals surface area contributed by atoms with Crippen molar-refractivity contribution >= 4 is 11.6 Å². The summed E-state index contributed by atoms with van der Waals surface area (Å²) in [7, 11) is 3.89. The van der Waals surface area contributed by atoms with Crippen molar-refractivity contribution in [3.63, 3.8) is 0 Å². The van der Waals surface area contributed by atoms with E-state index in [0.717, 1.165) is 5.69 Å². The zero-order chi connectivity index (χ0) is 12.3. The molecule has 1 aromatic rings. The fourth-order valence-electron chi connectivity index (χ4n) is 1.17. The first-order chi connectivity index (χ1) is 7.33. The lowest BCUT2D eigenvalue weighted by Crippen LogP contribution is -2.43. The van der Waals surface area contributed by atoms with Gasteiger partial charge < -0.3 is 15.4 Å². The van der Waals surface area contributed by atoms with Crippen LogP contribution in [0.25, 0.3) is 0 Å². The summed E-state index contributed by atoms with van der Waals surface area (Å²) in [6, 6.07) is 7.51. The molecule has 0 saturated carbocycles. The second-order valence-electron chi connectivity index (χ2n) is 4.37. The minimum atomic E-state index is -0.995. The Bertz CT molecular complexity index is 386. The number of carbonyl (C=O) groups excluding carboxylic acids is 1. The molecular weight excluding hydrogens is 204 g/mol. The Morgan fingerprint density at radius 3 is 2.50 bits per heavy atom. The standard InChI is InChI=1S/C12H18N2O2/c1-12(2,11(13)15)16-10-7-5-6-9(8-10)14(3)4/h5-8H,1-4H3,(H2,13,15). The Morgan fingerprint density at radius 2 is 2.00 bits per heavy atom. The smallest absolute Gasteiger partial charge is 0.261 e. The van der Waals surface area contributed by atoms with Crippen molar-refractivity contribution in [2.24, 2.45) is 5.73 Å². The highest BCUT2D eigenvalue weighted by Crippen LogP contribution is 2.23. The van der Waals surface area contributed by atoms with Crippen molar-refractivity contribution < 1.29 is 9.53 Å². The monoisotopic (exact) mass is 222 g/mol. The number of hydrogen-bond acceptors (Lipinski definition) is 3. The van der Waals surface area contributed by atoms with Crippen molar-refractivity contribution in [1.82, 2.24) is 0 Å². The number of primary amides is 1. The molecular formula is C12H18N2O2. The van der Waals surface area contributed by atoms with E-state index < -0.39 is 11.5 Å². The second kappa shape index (κ2) is 4.43. The van der Waals surface area contributed by atoms with Crippen molar-refractivity contribution in [2.75, 3.05) is 19.0 Å². The zero-order valence-corrected chi connectivity index (χ0v) is 10.2. The fraction of sp³-hybridized carbons (Fsp3) is 0.417. The van der Waals surface area contributed by atoms with Crippen LogP contribution >= 0.6 is 0 Å². The maximum absolute atomic E-state index is 11.1. The van der Waals surface area contributed by atoms with Crippen LogP contribution in [0.4, 0.5) is 5.69 Å². The molecule has 4 heteroatoms. The maximum atomic E-state index is 11.1. The van der Waals surface area contributed by atoms with Crippen molar-refractivity contribution in [1.29, 1.82) is 0 Å². The van der Waals surface area contributed by atoms with Gasteiger partial charge in [-0.2, -0.15) is 0 Å². The number of nitrogens with zero attached hydrogens (tertiary/aromatic N) is 1. The third-order valence-corrected chi connectivity index (χ3v) is 2.30. The van der Waals surface area contributed by atoms with Gasteiger partial charge in [-0.3, -0.25) is 4.79 Å².